The lowest BCUT2D eigenvalue weighted by molar-refractivity contribution is 0.193. The predicted octanol–water partition coefficient (Wildman–Crippen LogP) is 6.74. The highest BCUT2D eigenvalue weighted by Crippen LogP contribution is 2.25. The number of hydrogen-bond donors (Lipinski definition) is 1. The average Bonchev–Trinajstić information content (AvgIpc) is 2.80. The highest BCUT2D eigenvalue weighted by Gasteiger charge is 2.25. The Morgan fingerprint density at radius 3 is 2.09 bits per heavy atom. The summed E-state index contributed by atoms with van der Waals surface area (Å²) in [6.07, 6.45) is 7.95. The summed E-state index contributed by atoms with van der Waals surface area (Å²) in [5.74, 6) is 0.668. The molecule has 1 saturated heterocycles. The summed E-state index contributed by atoms with van der Waals surface area (Å²) in [6, 6.07) is 18.3. The number of allylic oxidation sites excluding steroid dienone is 1. The second kappa shape index (κ2) is 13.3. The minimum Gasteiger partial charge on any atom is -0.365 e. The maximum Gasteiger partial charge on any atom is 0.0406 e. The molecule has 0 aromatic heterocycles. The van der Waals surface area contributed by atoms with Crippen LogP contribution in [0.4, 0.5) is 5.69 Å². The zero-order valence-electron chi connectivity index (χ0n) is 21.6. The normalized spacial score (nSPS) is 16.0. The fraction of sp³-hybridized carbons (Fsp3) is 0.533. The van der Waals surface area contributed by atoms with Gasteiger partial charge in [0.25, 0.3) is 0 Å². The van der Waals surface area contributed by atoms with Crippen molar-refractivity contribution in [2.75, 3.05) is 31.1 Å². The van der Waals surface area contributed by atoms with Gasteiger partial charge in [-0.25, -0.2) is 0 Å². The molecule has 2 N–H and O–H groups in total. The van der Waals surface area contributed by atoms with E-state index < -0.39 is 0 Å². The molecule has 0 aliphatic carbocycles. The summed E-state index contributed by atoms with van der Waals surface area (Å²) in [5, 5.41) is 0.800. The van der Waals surface area contributed by atoms with Crippen LogP contribution in [0.5, 0.6) is 0 Å². The van der Waals surface area contributed by atoms with Crippen molar-refractivity contribution < 1.29 is 0 Å². The zero-order chi connectivity index (χ0) is 24.5. The molecule has 1 aliphatic heterocycles. The smallest absolute Gasteiger partial charge is 0.0406 e. The van der Waals surface area contributed by atoms with Gasteiger partial charge >= 0.3 is 0 Å². The maximum atomic E-state index is 6.39. The van der Waals surface area contributed by atoms with E-state index in [4.69, 9.17) is 17.3 Å². The fourth-order valence-electron chi connectivity index (χ4n) is 4.97. The van der Waals surface area contributed by atoms with Gasteiger partial charge < -0.3 is 15.5 Å². The molecule has 1 fully saturated rings. The topological polar surface area (TPSA) is 32.5 Å². The third-order valence-corrected chi connectivity index (χ3v) is 7.10. The lowest BCUT2D eigenvalue weighted by Crippen LogP contribution is -2.48. The van der Waals surface area contributed by atoms with E-state index in [2.05, 4.69) is 80.0 Å². The van der Waals surface area contributed by atoms with Crippen LogP contribution in [0.1, 0.15) is 58.1 Å². The van der Waals surface area contributed by atoms with Crippen molar-refractivity contribution in [3.63, 3.8) is 0 Å². The van der Waals surface area contributed by atoms with E-state index in [9.17, 15) is 0 Å². The van der Waals surface area contributed by atoms with Crippen LogP contribution >= 0.6 is 11.6 Å². The molecule has 1 heterocycles. The van der Waals surface area contributed by atoms with E-state index in [1.807, 2.05) is 12.1 Å². The first-order valence-corrected chi connectivity index (χ1v) is 13.4. The van der Waals surface area contributed by atoms with Gasteiger partial charge in [0.2, 0.25) is 0 Å². The van der Waals surface area contributed by atoms with Gasteiger partial charge in [0.1, 0.15) is 0 Å². The largest absolute Gasteiger partial charge is 0.365 e. The summed E-state index contributed by atoms with van der Waals surface area (Å²) in [5.41, 5.74) is 11.8. The van der Waals surface area contributed by atoms with Crippen LogP contribution in [0.3, 0.4) is 0 Å². The van der Waals surface area contributed by atoms with E-state index in [1.54, 1.807) is 0 Å². The van der Waals surface area contributed by atoms with Crippen LogP contribution in [-0.4, -0.2) is 43.2 Å². The first kappa shape index (κ1) is 26.8. The van der Waals surface area contributed by atoms with Crippen molar-refractivity contribution in [3.05, 3.63) is 76.3 Å². The van der Waals surface area contributed by atoms with Crippen molar-refractivity contribution >= 4 is 17.3 Å². The van der Waals surface area contributed by atoms with Crippen LogP contribution in [0, 0.1) is 5.92 Å². The molecule has 0 radical (unpaired) electrons. The van der Waals surface area contributed by atoms with Crippen LogP contribution in [-0.2, 0) is 12.8 Å². The quantitative estimate of drug-likeness (QED) is 0.361. The lowest BCUT2D eigenvalue weighted by atomic mass is 9.99. The molecule has 3 rings (SSSR count). The second-order valence-electron chi connectivity index (χ2n) is 10.6. The van der Waals surface area contributed by atoms with Crippen molar-refractivity contribution in [1.82, 2.24) is 4.90 Å². The SMILES string of the molecule is CC(C)=CCN(c1ccc(CCc2ccc(Cl)cc2)cc1)C1CCN(CC(N)CC(C)C)CC1. The molecule has 34 heavy (non-hydrogen) atoms. The Labute approximate surface area is 213 Å². The van der Waals surface area contributed by atoms with Gasteiger partial charge in [-0.05, 0) is 87.3 Å². The number of aryl methyl sites for hydroxylation is 2. The Morgan fingerprint density at radius 1 is 1.00 bits per heavy atom. The lowest BCUT2D eigenvalue weighted by Gasteiger charge is -2.40. The number of halogens is 1. The van der Waals surface area contributed by atoms with Crippen molar-refractivity contribution in [2.24, 2.45) is 11.7 Å². The first-order chi connectivity index (χ1) is 16.3. The molecular formula is C30H44ClN3. The molecule has 4 heteroatoms. The summed E-state index contributed by atoms with van der Waals surface area (Å²) >= 11 is 6.02. The standard InChI is InChI=1S/C30H44ClN3/c1-23(2)15-20-34(30-16-18-33(19-17-30)22-28(32)21-24(3)4)29-13-9-26(10-14-29)6-5-25-7-11-27(31)12-8-25/h7-15,24,28,30H,5-6,16-22,32H2,1-4H3. The van der Waals surface area contributed by atoms with Gasteiger partial charge in [-0.2, -0.15) is 0 Å². The molecule has 1 unspecified atom stereocenters. The van der Waals surface area contributed by atoms with Crippen molar-refractivity contribution in [1.29, 1.82) is 0 Å². The van der Waals surface area contributed by atoms with E-state index in [1.165, 1.54) is 35.2 Å². The molecule has 2 aromatic carbocycles. The zero-order valence-corrected chi connectivity index (χ0v) is 22.4. The van der Waals surface area contributed by atoms with E-state index in [0.29, 0.717) is 18.0 Å². The van der Waals surface area contributed by atoms with Gasteiger partial charge in [-0.15, -0.1) is 0 Å². The maximum absolute atomic E-state index is 6.39. The van der Waals surface area contributed by atoms with Crippen molar-refractivity contribution in [3.8, 4) is 0 Å². The van der Waals surface area contributed by atoms with E-state index in [0.717, 1.165) is 50.5 Å². The average molecular weight is 482 g/mol. The minimum atomic E-state index is 0.291. The number of rotatable bonds is 11. The van der Waals surface area contributed by atoms with Gasteiger partial charge in [-0.1, -0.05) is 61.4 Å². The Balaban J connectivity index is 1.59. The van der Waals surface area contributed by atoms with Gasteiger partial charge in [-0.3, -0.25) is 0 Å². The second-order valence-corrected chi connectivity index (χ2v) is 11.1. The first-order valence-electron chi connectivity index (χ1n) is 13.0. The number of anilines is 1. The summed E-state index contributed by atoms with van der Waals surface area (Å²) < 4.78 is 0. The number of likely N-dealkylation sites (tertiary alicyclic amines) is 1. The van der Waals surface area contributed by atoms with Crippen LogP contribution in [0.2, 0.25) is 5.02 Å². The van der Waals surface area contributed by atoms with Crippen LogP contribution in [0.25, 0.3) is 0 Å². The Morgan fingerprint density at radius 2 is 1.56 bits per heavy atom. The van der Waals surface area contributed by atoms with Crippen molar-refractivity contribution in [2.45, 2.75) is 71.9 Å². The summed E-state index contributed by atoms with van der Waals surface area (Å²) in [4.78, 5) is 5.18. The molecule has 1 atom stereocenters. The third-order valence-electron chi connectivity index (χ3n) is 6.84. The molecule has 1 aliphatic rings. The molecule has 0 spiro atoms. The fourth-order valence-corrected chi connectivity index (χ4v) is 5.09. The Hall–Kier alpha value is -1.81. The van der Waals surface area contributed by atoms with E-state index >= 15 is 0 Å². The summed E-state index contributed by atoms with van der Waals surface area (Å²) in [6.45, 7) is 13.2. The predicted molar refractivity (Wildman–Crippen MR) is 149 cm³/mol. The number of hydrogen-bond acceptors (Lipinski definition) is 3. The Bertz CT molecular complexity index is 876. The van der Waals surface area contributed by atoms with Gasteiger partial charge in [0.05, 0.1) is 0 Å². The Kier molecular flexibility index (Phi) is 10.5. The molecule has 0 bridgehead atoms. The molecule has 186 valence electrons. The number of benzene rings is 2. The number of nitrogens with two attached hydrogens (primary N) is 1. The molecule has 3 nitrogen and oxygen atoms in total. The number of nitrogens with zero attached hydrogens (tertiary/aromatic N) is 2. The van der Waals surface area contributed by atoms with Gasteiger partial charge in [0, 0.05) is 49.0 Å². The third kappa shape index (κ3) is 8.76. The number of piperidine rings is 1. The van der Waals surface area contributed by atoms with Crippen LogP contribution < -0.4 is 10.6 Å². The van der Waals surface area contributed by atoms with Gasteiger partial charge in [0.15, 0.2) is 0 Å². The molecule has 0 amide bonds. The van der Waals surface area contributed by atoms with E-state index in [-0.39, 0.29) is 0 Å². The molecule has 2 aromatic rings. The highest BCUT2D eigenvalue weighted by molar-refractivity contribution is 6.30. The monoisotopic (exact) mass is 481 g/mol. The summed E-state index contributed by atoms with van der Waals surface area (Å²) in [7, 11) is 0. The highest BCUT2D eigenvalue weighted by atomic mass is 35.5. The minimum absolute atomic E-state index is 0.291. The molecular weight excluding hydrogens is 438 g/mol. The molecule has 0 saturated carbocycles. The van der Waals surface area contributed by atoms with Crippen LogP contribution in [0.15, 0.2) is 60.2 Å².